The monoisotopic (exact) mass is 291 g/mol. The number of aryl methyl sites for hydroxylation is 1. The minimum atomic E-state index is -1.15. The Balaban J connectivity index is 2.18. The minimum Gasteiger partial charge on any atom is -0.476 e. The first-order chi connectivity index (χ1) is 10.1. The predicted octanol–water partition coefficient (Wildman–Crippen LogP) is 0.115. The molecule has 0 radical (unpaired) electrons. The highest BCUT2D eigenvalue weighted by atomic mass is 16.4. The lowest BCUT2D eigenvalue weighted by atomic mass is 10.1. The van der Waals surface area contributed by atoms with E-state index in [1.807, 2.05) is 30.3 Å². The fourth-order valence-electron chi connectivity index (χ4n) is 2.06. The lowest BCUT2D eigenvalue weighted by Crippen LogP contribution is -2.22. The topological polar surface area (TPSA) is 108 Å². The molecule has 2 aromatic rings. The molecule has 0 spiro atoms. The third-order valence-electron chi connectivity index (χ3n) is 3.13. The molecule has 2 rings (SSSR count). The highest BCUT2D eigenvalue weighted by molar-refractivity contribution is 5.86. The average molecular weight is 291 g/mol. The largest absolute Gasteiger partial charge is 0.476 e. The first-order valence-electron chi connectivity index (χ1n) is 6.60. The Hall–Kier alpha value is -2.25. The summed E-state index contributed by atoms with van der Waals surface area (Å²) >= 11 is 0. The van der Waals surface area contributed by atoms with E-state index in [2.05, 4.69) is 10.3 Å². The van der Waals surface area contributed by atoms with Gasteiger partial charge in [0.1, 0.15) is 0 Å². The molecular weight excluding hydrogens is 274 g/mol. The van der Waals surface area contributed by atoms with E-state index in [1.54, 1.807) is 0 Å². The lowest BCUT2D eigenvalue weighted by molar-refractivity contribution is 0.0687. The van der Waals surface area contributed by atoms with Crippen molar-refractivity contribution < 1.29 is 20.1 Å². The van der Waals surface area contributed by atoms with Crippen LogP contribution in [-0.4, -0.2) is 49.0 Å². The summed E-state index contributed by atoms with van der Waals surface area (Å²) in [5.74, 6) is -1.15. The van der Waals surface area contributed by atoms with Gasteiger partial charge in [-0.1, -0.05) is 35.5 Å². The average Bonchev–Trinajstić information content (AvgIpc) is 2.89. The van der Waals surface area contributed by atoms with Gasteiger partial charge in [0.15, 0.2) is 5.69 Å². The van der Waals surface area contributed by atoms with Crippen LogP contribution < -0.4 is 0 Å². The van der Waals surface area contributed by atoms with Crippen molar-refractivity contribution in [2.45, 2.75) is 25.5 Å². The smallest absolute Gasteiger partial charge is 0.358 e. The molecule has 7 nitrogen and oxygen atoms in total. The lowest BCUT2D eigenvalue weighted by Gasteiger charge is -2.10. The van der Waals surface area contributed by atoms with Crippen LogP contribution in [0.3, 0.4) is 0 Å². The summed E-state index contributed by atoms with van der Waals surface area (Å²) in [7, 11) is 0. The molecule has 3 N–H and O–H groups in total. The summed E-state index contributed by atoms with van der Waals surface area (Å²) in [5.41, 5.74) is 1.40. The Kier molecular flexibility index (Phi) is 5.02. The van der Waals surface area contributed by atoms with Crippen molar-refractivity contribution >= 4 is 5.97 Å². The highest BCUT2D eigenvalue weighted by Gasteiger charge is 2.20. The van der Waals surface area contributed by atoms with Crippen LogP contribution in [0, 0.1) is 0 Å². The zero-order chi connectivity index (χ0) is 15.2. The Bertz CT molecular complexity index is 598. The van der Waals surface area contributed by atoms with Gasteiger partial charge in [-0.05, 0) is 18.4 Å². The van der Waals surface area contributed by atoms with Crippen LogP contribution >= 0.6 is 0 Å². The zero-order valence-corrected chi connectivity index (χ0v) is 11.4. The van der Waals surface area contributed by atoms with E-state index in [4.69, 9.17) is 10.2 Å². The van der Waals surface area contributed by atoms with Crippen LogP contribution in [0.2, 0.25) is 0 Å². The maximum Gasteiger partial charge on any atom is 0.358 e. The number of hydrogen-bond acceptors (Lipinski definition) is 5. The van der Waals surface area contributed by atoms with E-state index in [9.17, 15) is 9.90 Å². The van der Waals surface area contributed by atoms with Gasteiger partial charge >= 0.3 is 5.97 Å². The first-order valence-corrected chi connectivity index (χ1v) is 6.60. The molecule has 21 heavy (non-hydrogen) atoms. The van der Waals surface area contributed by atoms with Crippen molar-refractivity contribution in [1.29, 1.82) is 0 Å². The quantitative estimate of drug-likeness (QED) is 0.668. The number of aliphatic hydroxyl groups excluding tert-OH is 2. The number of benzene rings is 1. The number of rotatable bonds is 7. The van der Waals surface area contributed by atoms with E-state index in [0.29, 0.717) is 18.5 Å². The highest BCUT2D eigenvalue weighted by Crippen LogP contribution is 2.11. The molecular formula is C14H17N3O4. The summed E-state index contributed by atoms with van der Waals surface area (Å²) in [5, 5.41) is 34.9. The summed E-state index contributed by atoms with van der Waals surface area (Å²) < 4.78 is 1.34. The number of aliphatic hydroxyl groups is 2. The van der Waals surface area contributed by atoms with Gasteiger partial charge in [0.05, 0.1) is 24.9 Å². The fourth-order valence-corrected chi connectivity index (χ4v) is 2.06. The van der Waals surface area contributed by atoms with Gasteiger partial charge in [0.25, 0.3) is 0 Å². The van der Waals surface area contributed by atoms with E-state index in [1.165, 1.54) is 4.68 Å². The van der Waals surface area contributed by atoms with Crippen molar-refractivity contribution in [2.24, 2.45) is 0 Å². The number of nitrogens with zero attached hydrogens (tertiary/aromatic N) is 3. The van der Waals surface area contributed by atoms with E-state index >= 15 is 0 Å². The number of aromatic nitrogens is 3. The van der Waals surface area contributed by atoms with E-state index in [-0.39, 0.29) is 12.2 Å². The first kappa shape index (κ1) is 15.1. The second-order valence-electron chi connectivity index (χ2n) is 4.69. The van der Waals surface area contributed by atoms with Crippen LogP contribution in [0.15, 0.2) is 30.3 Å². The van der Waals surface area contributed by atoms with Crippen molar-refractivity contribution in [3.8, 4) is 0 Å². The number of carboxylic acids is 1. The molecule has 0 saturated carbocycles. The normalized spacial score (nSPS) is 12.3. The molecule has 0 amide bonds. The van der Waals surface area contributed by atoms with Crippen molar-refractivity contribution in [3.63, 3.8) is 0 Å². The van der Waals surface area contributed by atoms with Crippen LogP contribution in [0.25, 0.3) is 0 Å². The molecule has 1 atom stereocenters. The Labute approximate surface area is 121 Å². The molecule has 1 unspecified atom stereocenters. The third kappa shape index (κ3) is 3.87. The molecule has 7 heteroatoms. The van der Waals surface area contributed by atoms with Crippen LogP contribution in [0.1, 0.15) is 21.7 Å². The SMILES string of the molecule is O=C(O)c1nnn(CC(O)CO)c1CCc1ccccc1. The van der Waals surface area contributed by atoms with Crippen LogP contribution in [0.4, 0.5) is 0 Å². The Morgan fingerprint density at radius 3 is 2.57 bits per heavy atom. The molecule has 0 aliphatic rings. The molecule has 1 aromatic carbocycles. The fraction of sp³-hybridized carbons (Fsp3) is 0.357. The van der Waals surface area contributed by atoms with Crippen molar-refractivity contribution in [1.82, 2.24) is 15.0 Å². The number of hydrogen-bond donors (Lipinski definition) is 3. The van der Waals surface area contributed by atoms with Gasteiger partial charge in [-0.15, -0.1) is 5.10 Å². The zero-order valence-electron chi connectivity index (χ0n) is 11.4. The second kappa shape index (κ2) is 6.96. The van der Waals surface area contributed by atoms with Gasteiger partial charge in [-0.3, -0.25) is 0 Å². The summed E-state index contributed by atoms with van der Waals surface area (Å²) in [6.45, 7) is -0.401. The predicted molar refractivity (Wildman–Crippen MR) is 73.9 cm³/mol. The molecule has 0 aliphatic heterocycles. The summed E-state index contributed by atoms with van der Waals surface area (Å²) in [6, 6.07) is 9.65. The Morgan fingerprint density at radius 2 is 1.95 bits per heavy atom. The summed E-state index contributed by atoms with van der Waals surface area (Å²) in [6.07, 6.45) is 0.0874. The maximum absolute atomic E-state index is 11.2. The molecule has 0 bridgehead atoms. The van der Waals surface area contributed by atoms with Crippen LogP contribution in [-0.2, 0) is 19.4 Å². The number of carboxylic acid groups (broad SMARTS) is 1. The van der Waals surface area contributed by atoms with E-state index in [0.717, 1.165) is 5.56 Å². The van der Waals surface area contributed by atoms with Gasteiger partial charge in [0, 0.05) is 0 Å². The molecule has 0 aliphatic carbocycles. The van der Waals surface area contributed by atoms with Gasteiger partial charge in [-0.2, -0.15) is 0 Å². The minimum absolute atomic E-state index is 0.0148. The molecule has 1 heterocycles. The Morgan fingerprint density at radius 1 is 1.24 bits per heavy atom. The molecule has 112 valence electrons. The second-order valence-corrected chi connectivity index (χ2v) is 4.69. The maximum atomic E-state index is 11.2. The van der Waals surface area contributed by atoms with Crippen molar-refractivity contribution in [2.75, 3.05) is 6.61 Å². The number of aromatic carboxylic acids is 1. The van der Waals surface area contributed by atoms with Gasteiger partial charge < -0.3 is 15.3 Å². The van der Waals surface area contributed by atoms with E-state index < -0.39 is 18.7 Å². The standard InChI is InChI=1S/C14H17N3O4/c18-9-11(19)8-17-12(13(14(20)21)15-16-17)7-6-10-4-2-1-3-5-10/h1-5,11,18-19H,6-9H2,(H,20,21). The summed E-state index contributed by atoms with van der Waals surface area (Å²) in [4.78, 5) is 11.2. The van der Waals surface area contributed by atoms with Crippen LogP contribution in [0.5, 0.6) is 0 Å². The molecule has 1 aromatic heterocycles. The van der Waals surface area contributed by atoms with Gasteiger partial charge in [-0.25, -0.2) is 9.48 Å². The number of carbonyl (C=O) groups is 1. The van der Waals surface area contributed by atoms with Gasteiger partial charge in [0.2, 0.25) is 0 Å². The third-order valence-corrected chi connectivity index (χ3v) is 3.13. The molecule has 0 fully saturated rings. The van der Waals surface area contributed by atoms with Crippen molar-refractivity contribution in [3.05, 3.63) is 47.3 Å². The molecule has 0 saturated heterocycles.